The topological polar surface area (TPSA) is 81.1 Å². The lowest BCUT2D eigenvalue weighted by molar-refractivity contribution is -0.113. The number of aromatic nitrogens is 3. The number of carbonyl (C=O) groups excluding carboxylic acids is 1. The summed E-state index contributed by atoms with van der Waals surface area (Å²) in [6, 6.07) is 19.6. The molecule has 1 unspecified atom stereocenters. The van der Waals surface area contributed by atoms with Crippen LogP contribution in [0.15, 0.2) is 83.2 Å². The number of rotatable bonds is 8. The second-order valence-corrected chi connectivity index (χ2v) is 10.8. The number of nitrogens with zero attached hydrogens (tertiary/aromatic N) is 3. The van der Waals surface area contributed by atoms with Crippen LogP contribution < -0.4 is 15.4 Å². The van der Waals surface area contributed by atoms with Crippen molar-refractivity contribution in [3.8, 4) is 5.75 Å². The van der Waals surface area contributed by atoms with Gasteiger partial charge in [0.05, 0.1) is 27.9 Å². The molecule has 0 radical (unpaired) electrons. The lowest BCUT2D eigenvalue weighted by atomic mass is 9.95. The summed E-state index contributed by atoms with van der Waals surface area (Å²) in [7, 11) is 0. The fraction of sp³-hybridized carbons (Fsp3) is 0.179. The molecule has 7 nitrogen and oxygen atoms in total. The van der Waals surface area contributed by atoms with E-state index in [4.69, 9.17) is 49.6 Å². The number of halogens is 3. The molecule has 2 N–H and O–H groups in total. The highest BCUT2D eigenvalue weighted by atomic mass is 35.5. The number of hydrogen-bond acceptors (Lipinski definition) is 6. The Labute approximate surface area is 245 Å². The summed E-state index contributed by atoms with van der Waals surface area (Å²) in [5.41, 5.74) is 3.38. The van der Waals surface area contributed by atoms with Gasteiger partial charge in [-0.05, 0) is 55.3 Å². The molecule has 4 aromatic rings. The van der Waals surface area contributed by atoms with Crippen molar-refractivity contribution in [3.63, 3.8) is 0 Å². The minimum Gasteiger partial charge on any atom is -0.492 e. The molecule has 3 aromatic carbocycles. The highest BCUT2D eigenvalue weighted by Gasteiger charge is 2.35. The van der Waals surface area contributed by atoms with Gasteiger partial charge in [-0.3, -0.25) is 4.79 Å². The van der Waals surface area contributed by atoms with Gasteiger partial charge in [-0.25, -0.2) is 4.68 Å². The molecule has 11 heteroatoms. The molecule has 1 amide bonds. The van der Waals surface area contributed by atoms with Crippen molar-refractivity contribution in [3.05, 3.63) is 104 Å². The summed E-state index contributed by atoms with van der Waals surface area (Å²) < 4.78 is 7.40. The summed E-state index contributed by atoms with van der Waals surface area (Å²) >= 11 is 20.4. The number of carbonyl (C=O) groups is 1. The molecule has 200 valence electrons. The maximum atomic E-state index is 13.8. The van der Waals surface area contributed by atoms with Crippen LogP contribution in [0.2, 0.25) is 15.1 Å². The molecule has 0 saturated carbocycles. The van der Waals surface area contributed by atoms with Gasteiger partial charge in [-0.2, -0.15) is 4.98 Å². The van der Waals surface area contributed by atoms with E-state index in [2.05, 4.69) is 10.6 Å². The van der Waals surface area contributed by atoms with E-state index in [-0.39, 0.29) is 5.91 Å². The van der Waals surface area contributed by atoms with E-state index in [1.807, 2.05) is 62.4 Å². The SMILES string of the molecule is CCOc1ccccc1NC(=O)C1=C(C)Nc2nc(SCc3ccccc3Cl)nn2C1c1ccc(Cl)c(Cl)c1. The third kappa shape index (κ3) is 5.89. The summed E-state index contributed by atoms with van der Waals surface area (Å²) in [4.78, 5) is 18.5. The molecule has 1 aromatic heterocycles. The van der Waals surface area contributed by atoms with E-state index in [0.717, 1.165) is 11.1 Å². The van der Waals surface area contributed by atoms with Crippen LogP contribution in [0.1, 0.15) is 31.0 Å². The summed E-state index contributed by atoms with van der Waals surface area (Å²) in [6.07, 6.45) is 0. The fourth-order valence-corrected chi connectivity index (χ4v) is 5.70. The Kier molecular flexibility index (Phi) is 8.37. The van der Waals surface area contributed by atoms with Gasteiger partial charge < -0.3 is 15.4 Å². The zero-order chi connectivity index (χ0) is 27.5. The maximum absolute atomic E-state index is 13.8. The van der Waals surface area contributed by atoms with Gasteiger partial charge in [-0.15, -0.1) is 5.10 Å². The fourth-order valence-electron chi connectivity index (χ4n) is 4.28. The van der Waals surface area contributed by atoms with E-state index in [1.54, 1.807) is 22.9 Å². The minimum atomic E-state index is -0.613. The van der Waals surface area contributed by atoms with Crippen LogP contribution in [0, 0.1) is 0 Å². The van der Waals surface area contributed by atoms with E-state index in [1.165, 1.54) is 11.8 Å². The van der Waals surface area contributed by atoms with Crippen molar-refractivity contribution in [1.29, 1.82) is 0 Å². The van der Waals surface area contributed by atoms with Gasteiger partial charge in [-0.1, -0.05) is 83.0 Å². The van der Waals surface area contributed by atoms with Crippen molar-refractivity contribution in [2.24, 2.45) is 0 Å². The highest BCUT2D eigenvalue weighted by Crippen LogP contribution is 2.39. The van der Waals surface area contributed by atoms with E-state index >= 15 is 0 Å². The van der Waals surface area contributed by atoms with Gasteiger partial charge in [0.2, 0.25) is 11.1 Å². The molecule has 0 aliphatic carbocycles. The highest BCUT2D eigenvalue weighted by molar-refractivity contribution is 7.98. The number of nitrogens with one attached hydrogen (secondary N) is 2. The molecule has 2 heterocycles. The Morgan fingerprint density at radius 3 is 2.59 bits per heavy atom. The molecule has 0 spiro atoms. The van der Waals surface area contributed by atoms with E-state index in [9.17, 15) is 4.79 Å². The molecule has 1 aliphatic heterocycles. The number of hydrogen-bond donors (Lipinski definition) is 2. The number of amides is 1. The third-order valence-corrected chi connectivity index (χ3v) is 8.08. The Bertz CT molecular complexity index is 1570. The van der Waals surface area contributed by atoms with Gasteiger partial charge in [0, 0.05) is 16.5 Å². The first-order chi connectivity index (χ1) is 18.9. The standard InChI is InChI=1S/C28H24Cl3N5O2S/c1-3-38-23-11-7-6-10-22(23)33-26(37)24-16(2)32-27-34-28(39-15-18-8-4-5-9-19(18)29)35-36(27)25(24)17-12-13-20(30)21(31)14-17/h4-14,25H,3,15H2,1-2H3,(H,33,37)(H,32,34,35). The Morgan fingerprint density at radius 2 is 1.82 bits per heavy atom. The largest absolute Gasteiger partial charge is 0.492 e. The number of fused-ring (bicyclic) bond motifs is 1. The van der Waals surface area contributed by atoms with Crippen LogP contribution in [0.3, 0.4) is 0 Å². The van der Waals surface area contributed by atoms with Gasteiger partial charge in [0.25, 0.3) is 5.91 Å². The first-order valence-electron chi connectivity index (χ1n) is 12.1. The smallest absolute Gasteiger partial charge is 0.255 e. The summed E-state index contributed by atoms with van der Waals surface area (Å²) in [5, 5.41) is 13.1. The Hall–Kier alpha value is -3.17. The van der Waals surface area contributed by atoms with Crippen LogP contribution in [-0.2, 0) is 10.5 Å². The van der Waals surface area contributed by atoms with Crippen molar-refractivity contribution in [2.45, 2.75) is 30.8 Å². The quantitative estimate of drug-likeness (QED) is 0.200. The number of anilines is 2. The second-order valence-electron chi connectivity index (χ2n) is 8.67. The molecule has 1 aliphatic rings. The monoisotopic (exact) mass is 599 g/mol. The van der Waals surface area contributed by atoms with Crippen molar-refractivity contribution < 1.29 is 9.53 Å². The molecular weight excluding hydrogens is 577 g/mol. The molecule has 0 saturated heterocycles. The molecule has 0 fully saturated rings. The van der Waals surface area contributed by atoms with Crippen LogP contribution in [0.5, 0.6) is 5.75 Å². The number of thioether (sulfide) groups is 1. The molecule has 0 bridgehead atoms. The first kappa shape index (κ1) is 27.4. The first-order valence-corrected chi connectivity index (χ1v) is 14.3. The zero-order valence-corrected chi connectivity index (χ0v) is 24.1. The van der Waals surface area contributed by atoms with Gasteiger partial charge in [0.15, 0.2) is 0 Å². The number of ether oxygens (including phenoxy) is 1. The predicted octanol–water partition coefficient (Wildman–Crippen LogP) is 7.86. The van der Waals surface area contributed by atoms with Crippen molar-refractivity contribution >= 4 is 64.1 Å². The summed E-state index contributed by atoms with van der Waals surface area (Å²) in [6.45, 7) is 4.20. The number of para-hydroxylation sites is 2. The lowest BCUT2D eigenvalue weighted by Gasteiger charge is -2.29. The molecule has 5 rings (SSSR count). The van der Waals surface area contributed by atoms with Gasteiger partial charge in [0.1, 0.15) is 11.8 Å². The van der Waals surface area contributed by atoms with Crippen LogP contribution in [0.25, 0.3) is 0 Å². The van der Waals surface area contributed by atoms with Crippen molar-refractivity contribution in [1.82, 2.24) is 14.8 Å². The Morgan fingerprint density at radius 1 is 1.05 bits per heavy atom. The van der Waals surface area contributed by atoms with Crippen LogP contribution in [-0.4, -0.2) is 27.3 Å². The third-order valence-electron chi connectivity index (χ3n) is 6.09. The molecular formula is C28H24Cl3N5O2S. The average Bonchev–Trinajstić information content (AvgIpc) is 3.32. The maximum Gasteiger partial charge on any atom is 0.255 e. The van der Waals surface area contributed by atoms with Crippen molar-refractivity contribution in [2.75, 3.05) is 17.2 Å². The van der Waals surface area contributed by atoms with Crippen LogP contribution >= 0.6 is 46.6 Å². The average molecular weight is 601 g/mol. The molecule has 39 heavy (non-hydrogen) atoms. The normalized spacial score (nSPS) is 14.5. The van der Waals surface area contributed by atoms with E-state index in [0.29, 0.717) is 61.2 Å². The number of allylic oxidation sites excluding steroid dienone is 1. The van der Waals surface area contributed by atoms with E-state index < -0.39 is 6.04 Å². The predicted molar refractivity (Wildman–Crippen MR) is 158 cm³/mol. The summed E-state index contributed by atoms with van der Waals surface area (Å²) in [5.74, 6) is 1.38. The zero-order valence-electron chi connectivity index (χ0n) is 21.0. The lowest BCUT2D eigenvalue weighted by Crippen LogP contribution is -2.31. The second kappa shape index (κ2) is 11.9. The minimum absolute atomic E-state index is 0.311. The Balaban J connectivity index is 1.51. The number of benzene rings is 3. The van der Waals surface area contributed by atoms with Gasteiger partial charge >= 0.3 is 0 Å². The molecule has 1 atom stereocenters. The van der Waals surface area contributed by atoms with Crippen LogP contribution in [0.4, 0.5) is 11.6 Å².